The van der Waals surface area contributed by atoms with E-state index >= 15 is 0 Å². The predicted octanol–water partition coefficient (Wildman–Crippen LogP) is 7.37. The number of hydrogen-bond donors (Lipinski definition) is 1. The topological polar surface area (TPSA) is 82.6 Å². The van der Waals surface area contributed by atoms with Gasteiger partial charge in [-0.1, -0.05) is 54.6 Å². The lowest BCUT2D eigenvalue weighted by atomic mass is 9.93. The Morgan fingerprint density at radius 1 is 0.922 bits per heavy atom. The number of aromatic nitrogens is 1. The zero-order valence-corrected chi connectivity index (χ0v) is 28.3. The predicted molar refractivity (Wildman–Crippen MR) is 177 cm³/mol. The van der Waals surface area contributed by atoms with E-state index in [2.05, 4.69) is 15.2 Å². The van der Waals surface area contributed by atoms with E-state index in [1.54, 1.807) is 0 Å². The van der Waals surface area contributed by atoms with Crippen LogP contribution in [0.2, 0.25) is 0 Å². The van der Waals surface area contributed by atoms with Crippen molar-refractivity contribution in [3.05, 3.63) is 95.1 Å². The van der Waals surface area contributed by atoms with Crippen molar-refractivity contribution in [2.45, 2.75) is 61.3 Å². The number of halogens is 7. The highest BCUT2D eigenvalue weighted by Gasteiger charge is 2.43. The molecule has 15 heteroatoms. The Morgan fingerprint density at radius 2 is 1.61 bits per heavy atom. The minimum atomic E-state index is -4.95. The number of nitrogens with zero attached hydrogens (tertiary/aromatic N) is 3. The number of sulfone groups is 1. The van der Waals surface area contributed by atoms with E-state index in [0.717, 1.165) is 24.5 Å². The second-order valence-electron chi connectivity index (χ2n) is 13.1. The number of para-hydroxylation sites is 1. The van der Waals surface area contributed by atoms with Crippen molar-refractivity contribution in [1.29, 1.82) is 0 Å². The third-order valence-corrected chi connectivity index (χ3v) is 10.7. The van der Waals surface area contributed by atoms with Gasteiger partial charge in [0, 0.05) is 48.4 Å². The number of piperidine rings is 1. The number of hydrogen-bond acceptors (Lipinski definition) is 6. The number of carbonyl (C=O) groups excluding carboxylic acids is 1. The van der Waals surface area contributed by atoms with E-state index in [4.69, 9.17) is 0 Å². The first-order valence-electron chi connectivity index (χ1n) is 16.4. The number of pyridine rings is 1. The summed E-state index contributed by atoms with van der Waals surface area (Å²) >= 11 is 0. The molecule has 2 saturated heterocycles. The molecule has 3 aromatic carbocycles. The van der Waals surface area contributed by atoms with Crippen LogP contribution in [0.5, 0.6) is 0 Å². The lowest BCUT2D eigenvalue weighted by Gasteiger charge is -2.37. The summed E-state index contributed by atoms with van der Waals surface area (Å²) in [6, 6.07) is 12.4. The largest absolute Gasteiger partial charge is 0.416 e. The SMILES string of the molecule is CS(=O)(=O)c1cccc2c(C(=O)N[C@H](c3ccccc3)C(F)(F)F)c(CN3CCC(N4CC[C@H](F)C4)CC3)c(-c3cccc(C(F)(F)F)c3)nc12. The molecule has 0 aliphatic carbocycles. The Balaban J connectivity index is 1.53. The molecule has 0 spiro atoms. The monoisotopic (exact) mass is 736 g/mol. The van der Waals surface area contributed by atoms with E-state index < -0.39 is 45.9 Å². The molecule has 6 rings (SSSR count). The smallest absolute Gasteiger partial charge is 0.337 e. The van der Waals surface area contributed by atoms with Crippen LogP contribution >= 0.6 is 0 Å². The minimum Gasteiger partial charge on any atom is -0.337 e. The molecule has 0 saturated carbocycles. The third kappa shape index (κ3) is 8.05. The normalized spacial score (nSPS) is 19.0. The van der Waals surface area contributed by atoms with Crippen LogP contribution in [-0.2, 0) is 22.6 Å². The summed E-state index contributed by atoms with van der Waals surface area (Å²) in [5.74, 6) is -1.21. The Labute approximate surface area is 290 Å². The summed E-state index contributed by atoms with van der Waals surface area (Å²) in [5, 5.41) is 2.03. The molecule has 1 amide bonds. The van der Waals surface area contributed by atoms with Crippen molar-refractivity contribution in [2.75, 3.05) is 32.4 Å². The number of likely N-dealkylation sites (tertiary alicyclic amines) is 2. The number of alkyl halides is 7. The van der Waals surface area contributed by atoms with Gasteiger partial charge in [0.25, 0.3) is 5.91 Å². The highest BCUT2D eigenvalue weighted by atomic mass is 32.2. The lowest BCUT2D eigenvalue weighted by molar-refractivity contribution is -0.155. The fourth-order valence-corrected chi connectivity index (χ4v) is 7.87. The molecule has 4 aromatic rings. The number of carbonyl (C=O) groups is 1. The number of amides is 1. The summed E-state index contributed by atoms with van der Waals surface area (Å²) in [5.41, 5.74) is -2.11. The van der Waals surface area contributed by atoms with Crippen LogP contribution in [0.1, 0.15) is 52.4 Å². The molecule has 7 nitrogen and oxygen atoms in total. The van der Waals surface area contributed by atoms with Gasteiger partial charge in [-0.3, -0.25) is 14.6 Å². The first-order valence-corrected chi connectivity index (χ1v) is 18.3. The molecule has 0 unspecified atom stereocenters. The number of nitrogens with one attached hydrogen (secondary N) is 1. The number of fused-ring (bicyclic) bond motifs is 1. The summed E-state index contributed by atoms with van der Waals surface area (Å²) in [7, 11) is -4.05. The number of benzene rings is 3. The highest BCUT2D eigenvalue weighted by Crippen LogP contribution is 2.39. The lowest BCUT2D eigenvalue weighted by Crippen LogP contribution is -2.44. The summed E-state index contributed by atoms with van der Waals surface area (Å²) in [6.45, 7) is 1.74. The summed E-state index contributed by atoms with van der Waals surface area (Å²) in [6.07, 6.45) is -8.04. The Hall–Kier alpha value is -4.08. The fourth-order valence-electron chi connectivity index (χ4n) is 7.04. The molecule has 272 valence electrons. The Kier molecular flexibility index (Phi) is 10.2. The molecule has 1 aromatic heterocycles. The van der Waals surface area contributed by atoms with Gasteiger partial charge in [0.1, 0.15) is 6.17 Å². The van der Waals surface area contributed by atoms with Gasteiger partial charge in [0.15, 0.2) is 15.9 Å². The van der Waals surface area contributed by atoms with Gasteiger partial charge in [0.05, 0.1) is 27.2 Å². The van der Waals surface area contributed by atoms with Crippen molar-refractivity contribution in [3.8, 4) is 11.3 Å². The van der Waals surface area contributed by atoms with Crippen LogP contribution in [0.25, 0.3) is 22.2 Å². The van der Waals surface area contributed by atoms with Crippen LogP contribution < -0.4 is 5.32 Å². The van der Waals surface area contributed by atoms with Crippen LogP contribution in [0.15, 0.2) is 77.7 Å². The van der Waals surface area contributed by atoms with Crippen LogP contribution in [-0.4, -0.2) is 79.9 Å². The van der Waals surface area contributed by atoms with Gasteiger partial charge in [-0.25, -0.2) is 17.8 Å². The molecule has 2 atom stereocenters. The summed E-state index contributed by atoms with van der Waals surface area (Å²) < 4.78 is 125. The molecule has 3 heterocycles. The zero-order valence-electron chi connectivity index (χ0n) is 27.4. The Morgan fingerprint density at radius 3 is 2.22 bits per heavy atom. The standard InChI is InChI=1S/C36H35F7N4O3S/c1-51(49,50)29-12-6-11-27-30(34(48)45-33(36(41,42)43)22-7-3-2-4-8-22)28(21-46-16-14-26(15-17-46)47-18-13-25(37)20-47)31(44-32(27)29)23-9-5-10-24(19-23)35(38,39)40/h2-12,19,25-26,33H,13-18,20-21H2,1H3,(H,45,48)/t25-,33+/m0/s1. The van der Waals surface area contributed by atoms with Gasteiger partial charge < -0.3 is 5.32 Å². The molecule has 2 aliphatic heterocycles. The van der Waals surface area contributed by atoms with Gasteiger partial charge in [-0.2, -0.15) is 26.3 Å². The molecule has 0 bridgehead atoms. The maximum absolute atomic E-state index is 14.5. The second kappa shape index (κ2) is 14.2. The van der Waals surface area contributed by atoms with Gasteiger partial charge in [-0.05, 0) is 56.1 Å². The van der Waals surface area contributed by atoms with Crippen molar-refractivity contribution >= 4 is 26.6 Å². The Bertz CT molecular complexity index is 2020. The van der Waals surface area contributed by atoms with E-state index in [1.807, 2.05) is 4.90 Å². The molecule has 2 fully saturated rings. The van der Waals surface area contributed by atoms with E-state index in [9.17, 15) is 43.9 Å². The third-order valence-electron chi connectivity index (χ3n) is 9.52. The highest BCUT2D eigenvalue weighted by molar-refractivity contribution is 7.91. The number of rotatable bonds is 8. The summed E-state index contributed by atoms with van der Waals surface area (Å²) in [4.78, 5) is 22.6. The van der Waals surface area contributed by atoms with Crippen LogP contribution in [0.4, 0.5) is 30.7 Å². The first kappa shape index (κ1) is 36.7. The van der Waals surface area contributed by atoms with E-state index in [0.29, 0.717) is 45.4 Å². The minimum absolute atomic E-state index is 0.0439. The van der Waals surface area contributed by atoms with E-state index in [-0.39, 0.29) is 56.3 Å². The van der Waals surface area contributed by atoms with Crippen molar-refractivity contribution in [2.24, 2.45) is 0 Å². The zero-order chi connectivity index (χ0) is 36.7. The maximum atomic E-state index is 14.5. The molecule has 2 aliphatic rings. The van der Waals surface area contributed by atoms with Gasteiger partial charge in [-0.15, -0.1) is 0 Å². The van der Waals surface area contributed by atoms with Gasteiger partial charge >= 0.3 is 12.4 Å². The quantitative estimate of drug-likeness (QED) is 0.191. The molecule has 1 N–H and O–H groups in total. The van der Waals surface area contributed by atoms with Crippen molar-refractivity contribution in [1.82, 2.24) is 20.1 Å². The van der Waals surface area contributed by atoms with Crippen LogP contribution in [0.3, 0.4) is 0 Å². The molecular formula is C36H35F7N4O3S. The molecular weight excluding hydrogens is 701 g/mol. The van der Waals surface area contributed by atoms with Crippen molar-refractivity contribution < 1.29 is 43.9 Å². The van der Waals surface area contributed by atoms with Gasteiger partial charge in [0.2, 0.25) is 0 Å². The van der Waals surface area contributed by atoms with E-state index in [1.165, 1.54) is 54.6 Å². The fraction of sp³-hybridized carbons (Fsp3) is 0.389. The molecule has 51 heavy (non-hydrogen) atoms. The second-order valence-corrected chi connectivity index (χ2v) is 15.0. The van der Waals surface area contributed by atoms with Crippen LogP contribution in [0, 0.1) is 0 Å². The maximum Gasteiger partial charge on any atom is 0.416 e. The average Bonchev–Trinajstić information content (AvgIpc) is 3.52. The molecule has 0 radical (unpaired) electrons. The van der Waals surface area contributed by atoms with Crippen molar-refractivity contribution in [3.63, 3.8) is 0 Å². The first-order chi connectivity index (χ1) is 24.0. The average molecular weight is 737 g/mol.